The molecule has 0 unspecified atom stereocenters. The first-order chi connectivity index (χ1) is 15.7. The van der Waals surface area contributed by atoms with E-state index in [4.69, 9.17) is 14.2 Å². The molecule has 8 heteroatoms. The average Bonchev–Trinajstić information content (AvgIpc) is 3.10. The van der Waals surface area contributed by atoms with E-state index in [0.717, 1.165) is 11.1 Å². The van der Waals surface area contributed by atoms with Crippen LogP contribution in [0.5, 0.6) is 0 Å². The van der Waals surface area contributed by atoms with Crippen molar-refractivity contribution in [1.29, 1.82) is 0 Å². The Bertz CT molecular complexity index is 979. The van der Waals surface area contributed by atoms with Crippen molar-refractivity contribution in [2.45, 2.75) is 78.3 Å². The first kappa shape index (κ1) is 24.9. The molecule has 9 atom stereocenters. The van der Waals surface area contributed by atoms with Gasteiger partial charge in [-0.1, -0.05) is 32.9 Å². The maximum absolute atomic E-state index is 12.6. The van der Waals surface area contributed by atoms with E-state index < -0.39 is 64.5 Å². The second-order valence-corrected chi connectivity index (χ2v) is 11.2. The van der Waals surface area contributed by atoms with Gasteiger partial charge in [0.25, 0.3) is 0 Å². The lowest BCUT2D eigenvalue weighted by molar-refractivity contribution is -0.220. The summed E-state index contributed by atoms with van der Waals surface area (Å²) in [6.45, 7) is 11.6. The van der Waals surface area contributed by atoms with Gasteiger partial charge in [-0.25, -0.2) is 0 Å². The van der Waals surface area contributed by atoms with Crippen LogP contribution in [0.3, 0.4) is 0 Å². The second kappa shape index (κ2) is 7.92. The minimum Gasteiger partial charge on any atom is -0.461 e. The van der Waals surface area contributed by atoms with Gasteiger partial charge < -0.3 is 24.4 Å². The van der Waals surface area contributed by atoms with E-state index in [-0.39, 0.29) is 18.4 Å². The molecule has 0 aromatic heterocycles. The Morgan fingerprint density at radius 3 is 2.26 bits per heavy atom. The number of aliphatic hydroxyl groups excluding tert-OH is 1. The zero-order valence-electron chi connectivity index (χ0n) is 21.0. The molecule has 34 heavy (non-hydrogen) atoms. The molecule has 8 nitrogen and oxygen atoms in total. The number of carbonyl (C=O) groups is 3. The topological polar surface area (TPSA) is 119 Å². The predicted octanol–water partition coefficient (Wildman–Crippen LogP) is 2.32. The fraction of sp³-hybridized carbons (Fsp3) is 0.731. The molecule has 0 radical (unpaired) electrons. The zero-order valence-corrected chi connectivity index (χ0v) is 21.0. The van der Waals surface area contributed by atoms with E-state index in [1.54, 1.807) is 0 Å². The van der Waals surface area contributed by atoms with Crippen LogP contribution in [0.2, 0.25) is 0 Å². The average molecular weight is 477 g/mol. The van der Waals surface area contributed by atoms with Gasteiger partial charge in [0.15, 0.2) is 5.60 Å². The fourth-order valence-corrected chi connectivity index (χ4v) is 7.54. The molecule has 0 amide bonds. The molecule has 0 bridgehead atoms. The highest BCUT2D eigenvalue weighted by Crippen LogP contribution is 2.77. The third kappa shape index (κ3) is 3.28. The maximum atomic E-state index is 12.6. The van der Waals surface area contributed by atoms with Crippen molar-refractivity contribution in [2.75, 3.05) is 6.61 Å². The predicted molar refractivity (Wildman–Crippen MR) is 121 cm³/mol. The Morgan fingerprint density at radius 2 is 1.71 bits per heavy atom. The molecule has 0 aromatic carbocycles. The smallest absolute Gasteiger partial charge is 0.303 e. The first-order valence-corrected chi connectivity index (χ1v) is 12.0. The van der Waals surface area contributed by atoms with Crippen LogP contribution >= 0.6 is 0 Å². The Labute approximate surface area is 200 Å². The van der Waals surface area contributed by atoms with E-state index >= 15 is 0 Å². The number of hydrogen-bond acceptors (Lipinski definition) is 8. The van der Waals surface area contributed by atoms with Crippen LogP contribution in [0.4, 0.5) is 0 Å². The molecule has 4 aliphatic carbocycles. The minimum atomic E-state index is -1.39. The minimum absolute atomic E-state index is 0.0619. The first-order valence-electron chi connectivity index (χ1n) is 12.0. The molecule has 0 aromatic rings. The van der Waals surface area contributed by atoms with Gasteiger partial charge in [-0.3, -0.25) is 14.4 Å². The standard InChI is InChI=1S/C26H36O8/c1-12-8-19-18(21(12)30)9-17(11-32-14(3)27)10-20-22-24(6,7)26(22,34-16(5)29)23(33-15(4)28)13(2)25(19,20)31/h8,10,13,18-23,30-31H,9,11H2,1-7H3/t13-,18-,19-,20+,21+,22-,23-,25+,26-/m1/s1. The summed E-state index contributed by atoms with van der Waals surface area (Å²) < 4.78 is 17.1. The van der Waals surface area contributed by atoms with Crippen LogP contribution < -0.4 is 0 Å². The summed E-state index contributed by atoms with van der Waals surface area (Å²) in [6.07, 6.45) is 2.73. The van der Waals surface area contributed by atoms with Gasteiger partial charge in [-0.15, -0.1) is 0 Å². The van der Waals surface area contributed by atoms with Gasteiger partial charge in [0.2, 0.25) is 0 Å². The quantitative estimate of drug-likeness (QED) is 0.360. The van der Waals surface area contributed by atoms with E-state index in [1.807, 2.05) is 39.8 Å². The molecule has 0 saturated heterocycles. The van der Waals surface area contributed by atoms with Gasteiger partial charge in [0.05, 0.1) is 11.7 Å². The van der Waals surface area contributed by atoms with E-state index in [2.05, 4.69) is 0 Å². The molecular formula is C26H36O8. The molecule has 0 spiro atoms. The van der Waals surface area contributed by atoms with Gasteiger partial charge in [-0.2, -0.15) is 0 Å². The van der Waals surface area contributed by atoms with Crippen LogP contribution in [0.1, 0.15) is 54.9 Å². The molecule has 4 rings (SSSR count). The molecule has 2 saturated carbocycles. The van der Waals surface area contributed by atoms with Crippen LogP contribution in [-0.2, 0) is 28.6 Å². The summed E-state index contributed by atoms with van der Waals surface area (Å²) >= 11 is 0. The number of carbonyl (C=O) groups excluding carboxylic acids is 3. The molecule has 188 valence electrons. The Hall–Kier alpha value is -2.19. The van der Waals surface area contributed by atoms with Gasteiger partial charge in [0.1, 0.15) is 12.7 Å². The number of fused-ring (bicyclic) bond motifs is 5. The highest BCUT2D eigenvalue weighted by atomic mass is 16.6. The molecular weight excluding hydrogens is 440 g/mol. The summed E-state index contributed by atoms with van der Waals surface area (Å²) in [6, 6.07) is 0. The number of esters is 3. The summed E-state index contributed by atoms with van der Waals surface area (Å²) in [4.78, 5) is 36.0. The third-order valence-electron chi connectivity index (χ3n) is 8.95. The number of aliphatic hydroxyl groups is 2. The summed E-state index contributed by atoms with van der Waals surface area (Å²) in [5.74, 6) is -3.56. The Balaban J connectivity index is 1.90. The van der Waals surface area contributed by atoms with Gasteiger partial charge in [-0.05, 0) is 24.5 Å². The maximum Gasteiger partial charge on any atom is 0.303 e. The molecule has 0 heterocycles. The van der Waals surface area contributed by atoms with Crippen LogP contribution in [0, 0.1) is 35.0 Å². The summed E-state index contributed by atoms with van der Waals surface area (Å²) in [7, 11) is 0. The lowest BCUT2D eigenvalue weighted by atomic mass is 9.59. The Morgan fingerprint density at radius 1 is 1.06 bits per heavy atom. The summed E-state index contributed by atoms with van der Waals surface area (Å²) in [5, 5.41) is 23.6. The van der Waals surface area contributed by atoms with Crippen molar-refractivity contribution >= 4 is 17.9 Å². The SMILES string of the molecule is CC(=O)OCC1=C[C@H]2[C@@H]3C(C)(C)[C@]3(OC(C)=O)[C@H](OC(C)=O)[C@@H](C)[C@]2(O)[C@@H]2C=C(C)[C@H](O)[C@@H]2C1. The second-order valence-electron chi connectivity index (χ2n) is 11.2. The van der Waals surface area contributed by atoms with Gasteiger partial charge in [0, 0.05) is 55.8 Å². The van der Waals surface area contributed by atoms with Crippen LogP contribution in [-0.4, -0.2) is 58.1 Å². The molecule has 0 aliphatic heterocycles. The summed E-state index contributed by atoms with van der Waals surface area (Å²) in [5.41, 5.74) is -1.49. The largest absolute Gasteiger partial charge is 0.461 e. The highest BCUT2D eigenvalue weighted by Gasteiger charge is 2.87. The van der Waals surface area contributed by atoms with Crippen LogP contribution in [0.25, 0.3) is 0 Å². The van der Waals surface area contributed by atoms with Crippen molar-refractivity contribution < 1.29 is 38.8 Å². The number of rotatable bonds is 4. The third-order valence-corrected chi connectivity index (χ3v) is 8.95. The van der Waals surface area contributed by atoms with Crippen molar-refractivity contribution in [1.82, 2.24) is 0 Å². The molecule has 2 N–H and O–H groups in total. The molecule has 2 fully saturated rings. The normalized spacial score (nSPS) is 43.7. The van der Waals surface area contributed by atoms with Crippen molar-refractivity contribution in [3.63, 3.8) is 0 Å². The Kier molecular flexibility index (Phi) is 5.80. The number of ether oxygens (including phenoxy) is 3. The van der Waals surface area contributed by atoms with Crippen molar-refractivity contribution in [3.05, 3.63) is 23.3 Å². The lowest BCUT2D eigenvalue weighted by Gasteiger charge is -2.52. The highest BCUT2D eigenvalue weighted by molar-refractivity contribution is 5.69. The van der Waals surface area contributed by atoms with Crippen LogP contribution in [0.15, 0.2) is 23.3 Å². The number of hydrogen-bond donors (Lipinski definition) is 2. The van der Waals surface area contributed by atoms with E-state index in [0.29, 0.717) is 6.42 Å². The van der Waals surface area contributed by atoms with Gasteiger partial charge >= 0.3 is 17.9 Å². The van der Waals surface area contributed by atoms with E-state index in [1.165, 1.54) is 20.8 Å². The van der Waals surface area contributed by atoms with Crippen molar-refractivity contribution in [2.24, 2.45) is 35.0 Å². The van der Waals surface area contributed by atoms with Crippen molar-refractivity contribution in [3.8, 4) is 0 Å². The lowest BCUT2D eigenvalue weighted by Crippen LogP contribution is -2.63. The molecule has 4 aliphatic rings. The monoisotopic (exact) mass is 476 g/mol. The fourth-order valence-electron chi connectivity index (χ4n) is 7.54. The van der Waals surface area contributed by atoms with E-state index in [9.17, 15) is 24.6 Å². The zero-order chi connectivity index (χ0) is 25.4.